The van der Waals surface area contributed by atoms with Crippen molar-refractivity contribution in [2.45, 2.75) is 27.7 Å². The van der Waals surface area contributed by atoms with Gasteiger partial charge in [0.05, 0.1) is 33.5 Å². The van der Waals surface area contributed by atoms with E-state index in [0.29, 0.717) is 41.9 Å². The number of methoxy groups -OCH3 is 1. The summed E-state index contributed by atoms with van der Waals surface area (Å²) in [6.07, 6.45) is 3.62. The third-order valence-electron chi connectivity index (χ3n) is 6.23. The second-order valence-electron chi connectivity index (χ2n) is 10.2. The van der Waals surface area contributed by atoms with Gasteiger partial charge in [0.1, 0.15) is 51.6 Å². The van der Waals surface area contributed by atoms with E-state index in [0.717, 1.165) is 0 Å². The number of fused-ring (bicyclic) bond motifs is 2. The standard InChI is InChI=1S/C12H10O5.C11H8O5.C10H16O5.C6H6O2/c1-2-16-11(14)9-5-7-3-4-8(13)6-10(7)17-12(9)15;1-15-7-3-2-6-4-8(10(12)13)11(14)16-9(6)5-7;1-4-11-9-10(15-13-6-3)7-8-14-12-5-2;7-5-2-1-3-6(8)4-5/h3-6,13H,2H2,1H3;2-5H,1H3,(H,12,13);9H,4-6H2,1-3H3;1-4,7-8H. The quantitative estimate of drug-likeness (QED) is 0.0227. The van der Waals surface area contributed by atoms with Crippen molar-refractivity contribution >= 4 is 33.9 Å². The smallest absolute Gasteiger partial charge is 0.351 e. The van der Waals surface area contributed by atoms with Crippen LogP contribution in [0.1, 0.15) is 48.4 Å². The van der Waals surface area contributed by atoms with Crippen molar-refractivity contribution in [1.29, 1.82) is 0 Å². The van der Waals surface area contributed by atoms with E-state index in [1.165, 1.54) is 61.9 Å². The fraction of sp³-hybridized carbons (Fsp3) is 0.231. The average molecular weight is 781 g/mol. The molecular formula is C39H40O17. The van der Waals surface area contributed by atoms with Gasteiger partial charge in [-0.2, -0.15) is 9.78 Å². The van der Waals surface area contributed by atoms with Crippen LogP contribution in [0, 0.1) is 12.0 Å². The molecular weight excluding hydrogens is 740 g/mol. The van der Waals surface area contributed by atoms with E-state index < -0.39 is 23.2 Å². The highest BCUT2D eigenvalue weighted by molar-refractivity contribution is 5.93. The molecule has 298 valence electrons. The van der Waals surface area contributed by atoms with Crippen LogP contribution in [0.25, 0.3) is 21.9 Å². The summed E-state index contributed by atoms with van der Waals surface area (Å²) < 4.78 is 24.5. The van der Waals surface area contributed by atoms with Gasteiger partial charge in [-0.05, 0) is 76.2 Å². The highest BCUT2D eigenvalue weighted by Gasteiger charge is 2.15. The predicted molar refractivity (Wildman–Crippen MR) is 199 cm³/mol. The van der Waals surface area contributed by atoms with E-state index in [9.17, 15) is 24.3 Å². The maximum atomic E-state index is 11.5. The van der Waals surface area contributed by atoms with Crippen molar-refractivity contribution in [3.05, 3.63) is 117 Å². The summed E-state index contributed by atoms with van der Waals surface area (Å²) in [5.41, 5.74) is -1.64. The number of benzene rings is 3. The summed E-state index contributed by atoms with van der Waals surface area (Å²) >= 11 is 0. The third-order valence-corrected chi connectivity index (χ3v) is 6.23. The molecule has 3 aromatic carbocycles. The topological polar surface area (TPSA) is 240 Å². The highest BCUT2D eigenvalue weighted by atomic mass is 17.2. The number of allylic oxidation sites excluding steroid dienone is 1. The number of carbonyl (C=O) groups is 2. The second-order valence-corrected chi connectivity index (χ2v) is 10.2. The predicted octanol–water partition coefficient (Wildman–Crippen LogP) is 6.03. The maximum absolute atomic E-state index is 11.5. The first-order valence-corrected chi connectivity index (χ1v) is 16.5. The first kappa shape index (κ1) is 45.0. The molecule has 0 aliphatic rings. The zero-order valence-electron chi connectivity index (χ0n) is 30.9. The summed E-state index contributed by atoms with van der Waals surface area (Å²) in [5, 5.41) is 36.4. The number of phenols is 3. The zero-order valence-corrected chi connectivity index (χ0v) is 30.9. The molecule has 2 aromatic heterocycles. The number of aromatic carboxylic acids is 1. The lowest BCUT2D eigenvalue weighted by Gasteiger charge is -2.02. The summed E-state index contributed by atoms with van der Waals surface area (Å²) in [6, 6.07) is 17.6. The van der Waals surface area contributed by atoms with Gasteiger partial charge in [-0.15, -0.1) is 0 Å². The monoisotopic (exact) mass is 780 g/mol. The Labute approximate surface area is 319 Å². The number of rotatable bonds is 11. The molecule has 0 radical (unpaired) electrons. The summed E-state index contributed by atoms with van der Waals surface area (Å²) in [4.78, 5) is 63.5. The first-order chi connectivity index (χ1) is 26.9. The lowest BCUT2D eigenvalue weighted by molar-refractivity contribution is -0.255. The van der Waals surface area contributed by atoms with Gasteiger partial charge in [-0.25, -0.2) is 19.2 Å². The van der Waals surface area contributed by atoms with Crippen molar-refractivity contribution in [1.82, 2.24) is 0 Å². The zero-order chi connectivity index (χ0) is 41.5. The van der Waals surface area contributed by atoms with Crippen LogP contribution in [0.5, 0.6) is 23.0 Å². The molecule has 0 bridgehead atoms. The number of hydrogen-bond donors (Lipinski definition) is 4. The van der Waals surface area contributed by atoms with E-state index in [1.807, 2.05) is 6.92 Å². The van der Waals surface area contributed by atoms with Crippen LogP contribution < -0.4 is 16.0 Å². The molecule has 0 aliphatic carbocycles. The Morgan fingerprint density at radius 2 is 1.30 bits per heavy atom. The average Bonchev–Trinajstić information content (AvgIpc) is 3.17. The third kappa shape index (κ3) is 15.4. The first-order valence-electron chi connectivity index (χ1n) is 16.5. The number of phenolic OH excluding ortho intramolecular Hbond substituents is 3. The number of carboxylic acids is 1. The molecule has 0 saturated carbocycles. The molecule has 0 saturated heterocycles. The number of aromatic hydroxyl groups is 3. The Morgan fingerprint density at radius 3 is 1.86 bits per heavy atom. The van der Waals surface area contributed by atoms with Crippen LogP contribution in [0.2, 0.25) is 0 Å². The van der Waals surface area contributed by atoms with Crippen LogP contribution in [0.4, 0.5) is 0 Å². The van der Waals surface area contributed by atoms with E-state index >= 15 is 0 Å². The molecule has 0 unspecified atom stereocenters. The number of esters is 1. The summed E-state index contributed by atoms with van der Waals surface area (Å²) in [5.74, 6) is 1.43. The van der Waals surface area contributed by atoms with Gasteiger partial charge in [-0.3, -0.25) is 4.89 Å². The molecule has 5 rings (SSSR count). The van der Waals surface area contributed by atoms with Crippen molar-refractivity contribution in [3.63, 3.8) is 0 Å². The number of carbonyl (C=O) groups excluding carboxylic acids is 1. The minimum Gasteiger partial charge on any atom is -0.508 e. The minimum absolute atomic E-state index is 0.00969. The van der Waals surface area contributed by atoms with Gasteiger partial charge in [-0.1, -0.05) is 6.07 Å². The molecule has 17 nitrogen and oxygen atoms in total. The molecule has 0 fully saturated rings. The number of hydrogen-bond acceptors (Lipinski definition) is 16. The number of ether oxygens (including phenoxy) is 3. The van der Waals surface area contributed by atoms with Crippen molar-refractivity contribution in [3.8, 4) is 35.0 Å². The van der Waals surface area contributed by atoms with Crippen molar-refractivity contribution < 1.29 is 72.6 Å². The molecule has 0 atom stereocenters. The molecule has 56 heavy (non-hydrogen) atoms. The fourth-order valence-electron chi connectivity index (χ4n) is 3.82. The molecule has 17 heteroatoms. The van der Waals surface area contributed by atoms with Crippen LogP contribution in [-0.4, -0.2) is 65.9 Å². The Hall–Kier alpha value is -7.16. The van der Waals surface area contributed by atoms with Crippen LogP contribution in [0.15, 0.2) is 103 Å². The summed E-state index contributed by atoms with van der Waals surface area (Å²) in [7, 11) is 1.49. The van der Waals surface area contributed by atoms with E-state index in [2.05, 4.69) is 21.8 Å². The largest absolute Gasteiger partial charge is 0.508 e. The SMILES string of the molecule is CCOC(=O)c1cc2ccc(O)cc2oc1=O.CCOC=C(C#COOCC)OOCC.COc1ccc2cc(C(=O)O)c(=O)oc2c1.Oc1cccc(O)c1. The number of carboxylic acid groups (broad SMARTS) is 1. The van der Waals surface area contributed by atoms with Gasteiger partial charge in [0.15, 0.2) is 6.11 Å². The van der Waals surface area contributed by atoms with Gasteiger partial charge >= 0.3 is 23.2 Å². The van der Waals surface area contributed by atoms with Gasteiger partial charge < -0.3 is 48.4 Å². The molecule has 4 N–H and O–H groups in total. The lowest BCUT2D eigenvalue weighted by Crippen LogP contribution is -2.16. The van der Waals surface area contributed by atoms with E-state index in [1.54, 1.807) is 45.0 Å². The normalized spacial score (nSPS) is 10.1. The Morgan fingerprint density at radius 1 is 0.714 bits per heavy atom. The molecule has 2 heterocycles. The van der Waals surface area contributed by atoms with Crippen molar-refractivity contribution in [2.75, 3.05) is 33.5 Å². The van der Waals surface area contributed by atoms with Crippen molar-refractivity contribution in [2.24, 2.45) is 0 Å². The molecule has 0 amide bonds. The van der Waals surface area contributed by atoms with E-state index in [-0.39, 0.29) is 46.3 Å². The van der Waals surface area contributed by atoms with Gasteiger partial charge in [0.2, 0.25) is 0 Å². The molecule has 0 aliphatic heterocycles. The summed E-state index contributed by atoms with van der Waals surface area (Å²) in [6.45, 7) is 8.62. The van der Waals surface area contributed by atoms with Crippen LogP contribution >= 0.6 is 0 Å². The van der Waals surface area contributed by atoms with Crippen LogP contribution in [-0.2, 0) is 29.0 Å². The van der Waals surface area contributed by atoms with Crippen LogP contribution in [0.3, 0.4) is 0 Å². The lowest BCUT2D eigenvalue weighted by atomic mass is 10.2. The highest BCUT2D eigenvalue weighted by Crippen LogP contribution is 2.21. The van der Waals surface area contributed by atoms with Gasteiger partial charge in [0, 0.05) is 34.9 Å². The Kier molecular flexibility index (Phi) is 19.5. The molecule has 0 spiro atoms. The Bertz CT molecular complexity index is 2230. The minimum atomic E-state index is -1.30. The van der Waals surface area contributed by atoms with E-state index in [4.69, 9.17) is 48.1 Å². The second kappa shape index (κ2) is 24.2. The fourth-order valence-corrected chi connectivity index (χ4v) is 3.82. The molecule has 5 aromatic rings. The maximum Gasteiger partial charge on any atom is 0.351 e. The Balaban J connectivity index is 0.000000265. The van der Waals surface area contributed by atoms with Gasteiger partial charge in [0.25, 0.3) is 5.76 Å².